The van der Waals surface area contributed by atoms with Gasteiger partial charge in [0.05, 0.1) is 0 Å². The fourth-order valence-electron chi connectivity index (χ4n) is 2.09. The van der Waals surface area contributed by atoms with Crippen molar-refractivity contribution >= 4 is 17.1 Å². The second-order valence-corrected chi connectivity index (χ2v) is 6.16. The number of allylic oxidation sites excluding steroid dienone is 6. The van der Waals surface area contributed by atoms with E-state index in [9.17, 15) is 0 Å². The number of hydrogen-bond donors (Lipinski definition) is 0. The number of thiocarbonyl (C=S) groups is 1. The Morgan fingerprint density at radius 2 is 1.29 bits per heavy atom. The molecule has 0 fully saturated rings. The van der Waals surface area contributed by atoms with E-state index < -0.39 is 0 Å². The predicted molar refractivity (Wildman–Crippen MR) is 102 cm³/mol. The van der Waals surface area contributed by atoms with Crippen LogP contribution in [0.15, 0.2) is 36.5 Å². The molecule has 0 atom stereocenters. The Kier molecular flexibility index (Phi) is 16.8. The van der Waals surface area contributed by atoms with Gasteiger partial charge in [0.25, 0.3) is 0 Å². The standard InChI is InChI=1S/C20H34S/c1-3-5-6-7-8-9-10-11-12-13-14-15-16-17-18-19-20(21)4-2/h7-12H,3-6,13-19H2,1-2H3/b8-7+,10-9+,12-11-. The second-order valence-electron chi connectivity index (χ2n) is 5.58. The van der Waals surface area contributed by atoms with Gasteiger partial charge < -0.3 is 0 Å². The van der Waals surface area contributed by atoms with E-state index in [0.29, 0.717) is 0 Å². The van der Waals surface area contributed by atoms with E-state index >= 15 is 0 Å². The Balaban J connectivity index is 3.30. The first-order valence-corrected chi connectivity index (χ1v) is 9.22. The summed E-state index contributed by atoms with van der Waals surface area (Å²) in [7, 11) is 0. The zero-order chi connectivity index (χ0) is 15.6. The monoisotopic (exact) mass is 306 g/mol. The van der Waals surface area contributed by atoms with Gasteiger partial charge >= 0.3 is 0 Å². The zero-order valence-corrected chi connectivity index (χ0v) is 15.0. The van der Waals surface area contributed by atoms with Gasteiger partial charge in [0.1, 0.15) is 0 Å². The predicted octanol–water partition coefficient (Wildman–Crippen LogP) is 7.36. The van der Waals surface area contributed by atoms with E-state index in [0.717, 1.165) is 12.8 Å². The van der Waals surface area contributed by atoms with Gasteiger partial charge in [-0.1, -0.05) is 94.6 Å². The van der Waals surface area contributed by atoms with E-state index in [4.69, 9.17) is 12.2 Å². The summed E-state index contributed by atoms with van der Waals surface area (Å²) in [6.45, 7) is 4.39. The van der Waals surface area contributed by atoms with Crippen LogP contribution in [0.25, 0.3) is 0 Å². The van der Waals surface area contributed by atoms with Crippen LogP contribution in [0.1, 0.15) is 84.5 Å². The third kappa shape index (κ3) is 17.3. The average Bonchev–Trinajstić information content (AvgIpc) is 2.50. The zero-order valence-electron chi connectivity index (χ0n) is 14.2. The minimum Gasteiger partial charge on any atom is -0.0897 e. The maximum absolute atomic E-state index is 5.23. The Labute approximate surface area is 138 Å². The van der Waals surface area contributed by atoms with Gasteiger partial charge in [-0.2, -0.15) is 0 Å². The fourth-order valence-corrected chi connectivity index (χ4v) is 2.24. The quantitative estimate of drug-likeness (QED) is 0.183. The maximum Gasteiger partial charge on any atom is -0.00742 e. The first kappa shape index (κ1) is 20.3. The van der Waals surface area contributed by atoms with Gasteiger partial charge in [0.15, 0.2) is 0 Å². The molecule has 0 aromatic heterocycles. The molecule has 0 aliphatic heterocycles. The summed E-state index contributed by atoms with van der Waals surface area (Å²) < 4.78 is 0. The molecule has 0 N–H and O–H groups in total. The SMILES string of the molecule is CCCC/C=C/C=C/C=C\CCCCCCCC(=S)CC. The van der Waals surface area contributed by atoms with Crippen molar-refractivity contribution in [3.8, 4) is 0 Å². The smallest absolute Gasteiger partial charge is 0.00742 e. The molecule has 0 aromatic carbocycles. The van der Waals surface area contributed by atoms with Crippen molar-refractivity contribution < 1.29 is 0 Å². The third-order valence-corrected chi connectivity index (χ3v) is 4.04. The van der Waals surface area contributed by atoms with Gasteiger partial charge in [-0.3, -0.25) is 0 Å². The highest BCUT2D eigenvalue weighted by Crippen LogP contribution is 2.09. The molecule has 0 aliphatic rings. The third-order valence-electron chi connectivity index (χ3n) is 3.55. The van der Waals surface area contributed by atoms with Crippen molar-refractivity contribution in [2.75, 3.05) is 0 Å². The Hall–Kier alpha value is -0.690. The van der Waals surface area contributed by atoms with Crippen molar-refractivity contribution in [2.45, 2.75) is 84.5 Å². The molecule has 0 nitrogen and oxygen atoms in total. The molecule has 0 aliphatic carbocycles. The molecule has 1 heteroatoms. The van der Waals surface area contributed by atoms with E-state index in [1.165, 1.54) is 62.7 Å². The van der Waals surface area contributed by atoms with Crippen LogP contribution in [-0.4, -0.2) is 4.86 Å². The van der Waals surface area contributed by atoms with E-state index in [1.807, 2.05) is 0 Å². The maximum atomic E-state index is 5.23. The van der Waals surface area contributed by atoms with Crippen molar-refractivity contribution in [3.05, 3.63) is 36.5 Å². The molecule has 21 heavy (non-hydrogen) atoms. The van der Waals surface area contributed by atoms with Crippen molar-refractivity contribution in [1.29, 1.82) is 0 Å². The summed E-state index contributed by atoms with van der Waals surface area (Å²) in [5.74, 6) is 0. The highest BCUT2D eigenvalue weighted by Gasteiger charge is 1.94. The lowest BCUT2D eigenvalue weighted by Crippen LogP contribution is -1.91. The first-order valence-electron chi connectivity index (χ1n) is 8.81. The van der Waals surface area contributed by atoms with Crippen LogP contribution < -0.4 is 0 Å². The summed E-state index contributed by atoms with van der Waals surface area (Å²) in [4.78, 5) is 1.24. The summed E-state index contributed by atoms with van der Waals surface area (Å²) in [5, 5.41) is 0. The van der Waals surface area contributed by atoms with Crippen LogP contribution in [0.4, 0.5) is 0 Å². The van der Waals surface area contributed by atoms with Gasteiger partial charge in [0.2, 0.25) is 0 Å². The molecule has 0 bridgehead atoms. The molecule has 0 amide bonds. The molecule has 0 rings (SSSR count). The first-order chi connectivity index (χ1) is 10.3. The number of hydrogen-bond acceptors (Lipinski definition) is 1. The van der Waals surface area contributed by atoms with Gasteiger partial charge in [-0.25, -0.2) is 0 Å². The largest absolute Gasteiger partial charge is 0.0897 e. The molecule has 0 spiro atoms. The molecule has 0 saturated heterocycles. The van der Waals surface area contributed by atoms with Crippen molar-refractivity contribution in [3.63, 3.8) is 0 Å². The lowest BCUT2D eigenvalue weighted by molar-refractivity contribution is 0.627. The van der Waals surface area contributed by atoms with Crippen LogP contribution in [0, 0.1) is 0 Å². The van der Waals surface area contributed by atoms with Gasteiger partial charge in [-0.15, -0.1) is 0 Å². The van der Waals surface area contributed by atoms with Crippen molar-refractivity contribution in [2.24, 2.45) is 0 Å². The Morgan fingerprint density at radius 1 is 0.714 bits per heavy atom. The lowest BCUT2D eigenvalue weighted by atomic mass is 10.1. The molecule has 120 valence electrons. The molecule has 0 saturated carbocycles. The van der Waals surface area contributed by atoms with Crippen LogP contribution in [-0.2, 0) is 0 Å². The minimum absolute atomic E-state index is 1.07. The highest BCUT2D eigenvalue weighted by molar-refractivity contribution is 7.80. The summed E-state index contributed by atoms with van der Waals surface area (Å²) in [6, 6.07) is 0. The normalized spacial score (nSPS) is 12.1. The fraction of sp³-hybridized carbons (Fsp3) is 0.650. The van der Waals surface area contributed by atoms with Crippen molar-refractivity contribution in [1.82, 2.24) is 0 Å². The molecular weight excluding hydrogens is 272 g/mol. The minimum atomic E-state index is 1.07. The Morgan fingerprint density at radius 3 is 1.90 bits per heavy atom. The lowest BCUT2D eigenvalue weighted by Gasteiger charge is -2.00. The molecule has 0 aromatic rings. The van der Waals surface area contributed by atoms with E-state index in [-0.39, 0.29) is 0 Å². The average molecular weight is 307 g/mol. The van der Waals surface area contributed by atoms with Crippen LogP contribution in [0.3, 0.4) is 0 Å². The summed E-state index contributed by atoms with van der Waals surface area (Å²) >= 11 is 5.23. The molecular formula is C20H34S. The van der Waals surface area contributed by atoms with E-state index in [2.05, 4.69) is 50.3 Å². The summed E-state index contributed by atoms with van der Waals surface area (Å²) in [5.41, 5.74) is 0. The molecule has 0 unspecified atom stereocenters. The topological polar surface area (TPSA) is 0 Å². The van der Waals surface area contributed by atoms with Gasteiger partial charge in [-0.05, 0) is 43.4 Å². The molecule has 0 heterocycles. The van der Waals surface area contributed by atoms with E-state index in [1.54, 1.807) is 0 Å². The van der Waals surface area contributed by atoms with Crippen LogP contribution >= 0.6 is 12.2 Å². The van der Waals surface area contributed by atoms with Gasteiger partial charge in [0, 0.05) is 0 Å². The second kappa shape index (κ2) is 17.4. The molecule has 0 radical (unpaired) electrons. The van der Waals surface area contributed by atoms with Crippen LogP contribution in [0.5, 0.6) is 0 Å². The highest BCUT2D eigenvalue weighted by atomic mass is 32.1. The van der Waals surface area contributed by atoms with Crippen LogP contribution in [0.2, 0.25) is 0 Å². The summed E-state index contributed by atoms with van der Waals surface area (Å²) in [6.07, 6.45) is 27.0. The Bertz CT molecular complexity index is 310. The number of unbranched alkanes of at least 4 members (excludes halogenated alkanes) is 7. The number of rotatable bonds is 14.